The Morgan fingerprint density at radius 3 is 2.67 bits per heavy atom. The molecule has 0 aliphatic carbocycles. The topological polar surface area (TPSA) is 98.9 Å². The molecule has 7 nitrogen and oxygen atoms in total. The van der Waals surface area contributed by atoms with Gasteiger partial charge in [-0.15, -0.1) is 4.91 Å². The molecule has 1 unspecified atom stereocenters. The Kier molecular flexibility index (Phi) is 7.04. The fraction of sp³-hybridized carbons (Fsp3) is 0.875. The minimum absolute atomic E-state index is 0.158. The molecule has 0 saturated heterocycles. The maximum absolute atomic E-state index is 11.1. The number of nitroso groups, excluding NO2 is 1. The molecule has 0 saturated carbocycles. The van der Waals surface area contributed by atoms with Crippen LogP contribution < -0.4 is 0 Å². The zero-order chi connectivity index (χ0) is 11.7. The Hall–Kier alpha value is -1.53. The zero-order valence-electron chi connectivity index (χ0n) is 8.55. The number of nitro groups is 1. The number of rotatable bonds is 8. The minimum Gasteiger partial charge on any atom is -0.464 e. The van der Waals surface area contributed by atoms with Gasteiger partial charge in [0.2, 0.25) is 6.54 Å². The van der Waals surface area contributed by atoms with E-state index in [-0.39, 0.29) is 19.6 Å². The van der Waals surface area contributed by atoms with E-state index in [9.17, 15) is 19.8 Å². The van der Waals surface area contributed by atoms with Crippen LogP contribution in [0.4, 0.5) is 0 Å². The average Bonchev–Trinajstić information content (AvgIpc) is 2.17. The molecule has 15 heavy (non-hydrogen) atoms. The summed E-state index contributed by atoms with van der Waals surface area (Å²) >= 11 is 0. The second kappa shape index (κ2) is 7.84. The molecule has 0 N–H and O–H groups in total. The van der Waals surface area contributed by atoms with E-state index in [1.54, 1.807) is 6.92 Å². The van der Waals surface area contributed by atoms with Crippen molar-refractivity contribution in [2.45, 2.75) is 32.2 Å². The Bertz CT molecular complexity index is 231. The third-order valence-electron chi connectivity index (χ3n) is 1.75. The maximum atomic E-state index is 11.1. The van der Waals surface area contributed by atoms with Crippen LogP contribution in [-0.2, 0) is 9.53 Å². The molecule has 0 aliphatic rings. The molecular weight excluding hydrogens is 204 g/mol. The summed E-state index contributed by atoms with van der Waals surface area (Å²) in [4.78, 5) is 30.9. The monoisotopic (exact) mass is 218 g/mol. The molecule has 7 heteroatoms. The first kappa shape index (κ1) is 13.5. The van der Waals surface area contributed by atoms with Gasteiger partial charge in [-0.1, -0.05) is 5.18 Å². The molecule has 0 aromatic carbocycles. The van der Waals surface area contributed by atoms with Crippen molar-refractivity contribution < 1.29 is 14.5 Å². The molecule has 86 valence electrons. The summed E-state index contributed by atoms with van der Waals surface area (Å²) in [5.41, 5.74) is 0. The molecule has 0 spiro atoms. The van der Waals surface area contributed by atoms with Crippen molar-refractivity contribution in [2.24, 2.45) is 5.18 Å². The zero-order valence-corrected chi connectivity index (χ0v) is 8.55. The van der Waals surface area contributed by atoms with Crippen molar-refractivity contribution in [3.05, 3.63) is 15.0 Å². The van der Waals surface area contributed by atoms with Gasteiger partial charge in [0, 0.05) is 11.3 Å². The predicted octanol–water partition coefficient (Wildman–Crippen LogP) is 1.13. The van der Waals surface area contributed by atoms with Gasteiger partial charge in [-0.25, -0.2) is 4.79 Å². The second-order valence-corrected chi connectivity index (χ2v) is 2.93. The lowest BCUT2D eigenvalue weighted by atomic mass is 10.1. The highest BCUT2D eigenvalue weighted by molar-refractivity contribution is 5.75. The van der Waals surface area contributed by atoms with E-state index in [0.29, 0.717) is 12.8 Å². The lowest BCUT2D eigenvalue weighted by molar-refractivity contribution is -0.480. The summed E-state index contributed by atoms with van der Waals surface area (Å²) < 4.78 is 4.61. The van der Waals surface area contributed by atoms with Crippen LogP contribution in [0.2, 0.25) is 0 Å². The number of carbonyl (C=O) groups excluding carboxylic acids is 1. The molecule has 0 rings (SSSR count). The maximum Gasteiger partial charge on any atom is 0.334 e. The smallest absolute Gasteiger partial charge is 0.334 e. The second-order valence-electron chi connectivity index (χ2n) is 2.93. The molecule has 0 aromatic rings. The fourth-order valence-electron chi connectivity index (χ4n) is 1.03. The van der Waals surface area contributed by atoms with Crippen molar-refractivity contribution in [3.63, 3.8) is 0 Å². The molecular formula is C8H14N2O5. The van der Waals surface area contributed by atoms with E-state index >= 15 is 0 Å². The molecule has 0 aromatic heterocycles. The van der Waals surface area contributed by atoms with E-state index in [1.807, 2.05) is 0 Å². The highest BCUT2D eigenvalue weighted by Gasteiger charge is 2.19. The van der Waals surface area contributed by atoms with Crippen molar-refractivity contribution in [1.82, 2.24) is 0 Å². The summed E-state index contributed by atoms with van der Waals surface area (Å²) in [6.45, 7) is 1.67. The van der Waals surface area contributed by atoms with Crippen LogP contribution >= 0.6 is 0 Å². The van der Waals surface area contributed by atoms with Gasteiger partial charge in [-0.3, -0.25) is 10.1 Å². The van der Waals surface area contributed by atoms with Crippen molar-refractivity contribution in [2.75, 3.05) is 13.2 Å². The van der Waals surface area contributed by atoms with Gasteiger partial charge in [-0.2, -0.15) is 0 Å². The number of esters is 1. The lowest BCUT2D eigenvalue weighted by Crippen LogP contribution is -2.21. The van der Waals surface area contributed by atoms with E-state index < -0.39 is 16.9 Å². The fourth-order valence-corrected chi connectivity index (χ4v) is 1.03. The van der Waals surface area contributed by atoms with Crippen molar-refractivity contribution in [3.8, 4) is 0 Å². The molecule has 0 bridgehead atoms. The third kappa shape index (κ3) is 6.53. The molecule has 0 heterocycles. The third-order valence-corrected chi connectivity index (χ3v) is 1.75. The van der Waals surface area contributed by atoms with Crippen molar-refractivity contribution in [1.29, 1.82) is 0 Å². The van der Waals surface area contributed by atoms with Crippen LogP contribution in [-0.4, -0.2) is 30.1 Å². The first-order chi connectivity index (χ1) is 7.11. The summed E-state index contributed by atoms with van der Waals surface area (Å²) in [6.07, 6.45) is 0.949. The molecule has 0 aliphatic heterocycles. The predicted molar refractivity (Wildman–Crippen MR) is 51.9 cm³/mol. The van der Waals surface area contributed by atoms with E-state index in [4.69, 9.17) is 0 Å². The first-order valence-electron chi connectivity index (χ1n) is 4.72. The summed E-state index contributed by atoms with van der Waals surface area (Å²) in [6, 6.07) is -1.03. The number of hydrogen-bond donors (Lipinski definition) is 0. The number of ether oxygens (including phenoxy) is 1. The number of carbonyl (C=O) groups is 1. The van der Waals surface area contributed by atoms with Crippen LogP contribution in [0.15, 0.2) is 5.18 Å². The highest BCUT2D eigenvalue weighted by Crippen LogP contribution is 2.06. The molecule has 1 atom stereocenters. The molecule has 0 amide bonds. The van der Waals surface area contributed by atoms with Crippen LogP contribution in [0.1, 0.15) is 26.2 Å². The number of hydrogen-bond acceptors (Lipinski definition) is 6. The summed E-state index contributed by atoms with van der Waals surface area (Å²) in [7, 11) is 0. The number of nitrogens with zero attached hydrogens (tertiary/aromatic N) is 2. The SMILES string of the molecule is CCOC(=O)C(CCCC[N+](=O)[O-])N=O. The van der Waals surface area contributed by atoms with Crippen molar-refractivity contribution >= 4 is 5.97 Å². The number of unbranched alkanes of at least 4 members (excludes halogenated alkanes) is 1. The van der Waals surface area contributed by atoms with E-state index in [0.717, 1.165) is 0 Å². The van der Waals surface area contributed by atoms with Crippen LogP contribution in [0.3, 0.4) is 0 Å². The Morgan fingerprint density at radius 1 is 1.53 bits per heavy atom. The van der Waals surface area contributed by atoms with Gasteiger partial charge < -0.3 is 4.74 Å². The van der Waals surface area contributed by atoms with Gasteiger partial charge >= 0.3 is 5.97 Å². The van der Waals surface area contributed by atoms with Crippen LogP contribution in [0, 0.1) is 15.0 Å². The minimum atomic E-state index is -1.03. The van der Waals surface area contributed by atoms with Gasteiger partial charge in [0.15, 0.2) is 6.04 Å². The Labute approximate surface area is 86.9 Å². The van der Waals surface area contributed by atoms with Crippen LogP contribution in [0.5, 0.6) is 0 Å². The largest absolute Gasteiger partial charge is 0.464 e. The summed E-state index contributed by atoms with van der Waals surface area (Å²) in [5, 5.41) is 12.6. The van der Waals surface area contributed by atoms with Gasteiger partial charge in [0.05, 0.1) is 6.61 Å². The quantitative estimate of drug-likeness (QED) is 0.200. The van der Waals surface area contributed by atoms with Gasteiger partial charge in [0.1, 0.15) is 0 Å². The highest BCUT2D eigenvalue weighted by atomic mass is 16.6. The Morgan fingerprint density at radius 2 is 2.20 bits per heavy atom. The first-order valence-corrected chi connectivity index (χ1v) is 4.72. The Balaban J connectivity index is 3.75. The normalized spacial score (nSPS) is 11.8. The average molecular weight is 218 g/mol. The van der Waals surface area contributed by atoms with E-state index in [2.05, 4.69) is 9.91 Å². The van der Waals surface area contributed by atoms with Crippen LogP contribution in [0.25, 0.3) is 0 Å². The lowest BCUT2D eigenvalue weighted by Gasteiger charge is -2.06. The van der Waals surface area contributed by atoms with Gasteiger partial charge in [-0.05, 0) is 19.8 Å². The molecule has 0 radical (unpaired) electrons. The standard InChI is InChI=1S/C8H14N2O5/c1-2-15-8(11)7(9-12)5-3-4-6-10(13)14/h7H,2-6H2,1H3. The van der Waals surface area contributed by atoms with E-state index in [1.165, 1.54) is 0 Å². The van der Waals surface area contributed by atoms with Gasteiger partial charge in [0.25, 0.3) is 0 Å². The summed E-state index contributed by atoms with van der Waals surface area (Å²) in [5.74, 6) is -0.659. The molecule has 0 fully saturated rings.